The first-order valence-electron chi connectivity index (χ1n) is 6.76. The molecule has 0 saturated heterocycles. The Morgan fingerprint density at radius 2 is 2.30 bits per heavy atom. The molecule has 5 nitrogen and oxygen atoms in total. The zero-order valence-electron chi connectivity index (χ0n) is 12.0. The Hall–Kier alpha value is -1.62. The lowest BCUT2D eigenvalue weighted by molar-refractivity contribution is -0.124. The number of fused-ring (bicyclic) bond motifs is 1. The van der Waals surface area contributed by atoms with Gasteiger partial charge in [0.05, 0.1) is 11.3 Å². The van der Waals surface area contributed by atoms with Crippen LogP contribution in [0.4, 0.5) is 0 Å². The van der Waals surface area contributed by atoms with Crippen LogP contribution in [0.2, 0.25) is 5.02 Å². The number of pyridine rings is 1. The van der Waals surface area contributed by atoms with Crippen LogP contribution in [-0.4, -0.2) is 27.5 Å². The van der Waals surface area contributed by atoms with Gasteiger partial charge in [0, 0.05) is 25.2 Å². The van der Waals surface area contributed by atoms with Crippen LogP contribution in [0.3, 0.4) is 0 Å². The molecule has 0 bridgehead atoms. The van der Waals surface area contributed by atoms with E-state index in [1.807, 2.05) is 18.4 Å². The molecule has 0 aliphatic heterocycles. The zero-order chi connectivity index (χ0) is 14.7. The summed E-state index contributed by atoms with van der Waals surface area (Å²) >= 11 is 6.16. The molecule has 0 aliphatic carbocycles. The van der Waals surface area contributed by atoms with Gasteiger partial charge in [0.1, 0.15) is 5.52 Å². The van der Waals surface area contributed by atoms with E-state index >= 15 is 0 Å². The average molecular weight is 295 g/mol. The number of nitrogens with one attached hydrogen (secondary N) is 1. The van der Waals surface area contributed by atoms with Gasteiger partial charge >= 0.3 is 0 Å². The van der Waals surface area contributed by atoms with Crippen LogP contribution in [0.25, 0.3) is 11.2 Å². The van der Waals surface area contributed by atoms with Gasteiger partial charge in [0.2, 0.25) is 5.91 Å². The SMILES string of the molecule is CCC(CCn1cnc2c(Cl)cc(C)nc21)C(=O)NC. The fourth-order valence-electron chi connectivity index (χ4n) is 2.30. The van der Waals surface area contributed by atoms with Gasteiger partial charge in [-0.3, -0.25) is 4.79 Å². The molecule has 0 aromatic carbocycles. The minimum atomic E-state index is 0.0118. The third-order valence-corrected chi connectivity index (χ3v) is 3.77. The van der Waals surface area contributed by atoms with Gasteiger partial charge in [-0.25, -0.2) is 9.97 Å². The number of hydrogen-bond acceptors (Lipinski definition) is 3. The first kappa shape index (κ1) is 14.8. The van der Waals surface area contributed by atoms with Gasteiger partial charge in [-0.1, -0.05) is 18.5 Å². The molecule has 0 saturated carbocycles. The highest BCUT2D eigenvalue weighted by Crippen LogP contribution is 2.22. The van der Waals surface area contributed by atoms with E-state index < -0.39 is 0 Å². The highest BCUT2D eigenvalue weighted by Gasteiger charge is 2.16. The van der Waals surface area contributed by atoms with Crippen molar-refractivity contribution in [2.75, 3.05) is 7.05 Å². The molecule has 1 atom stereocenters. The number of rotatable bonds is 5. The van der Waals surface area contributed by atoms with E-state index in [0.717, 1.165) is 24.2 Å². The standard InChI is InChI=1S/C14H19ClN4O/c1-4-10(14(20)16-3)5-6-19-8-17-12-11(15)7-9(2)18-13(12)19/h7-8,10H,4-6H2,1-3H3,(H,16,20). The Bertz CT molecular complexity index is 623. The van der Waals surface area contributed by atoms with E-state index in [1.165, 1.54) is 0 Å². The maximum atomic E-state index is 11.7. The molecule has 20 heavy (non-hydrogen) atoms. The molecule has 0 radical (unpaired) electrons. The highest BCUT2D eigenvalue weighted by molar-refractivity contribution is 6.34. The minimum absolute atomic E-state index is 0.0118. The lowest BCUT2D eigenvalue weighted by Gasteiger charge is -2.13. The molecule has 2 rings (SSSR count). The van der Waals surface area contributed by atoms with Gasteiger partial charge in [-0.05, 0) is 25.8 Å². The Kier molecular flexibility index (Phi) is 4.60. The number of imidazole rings is 1. The number of halogens is 1. The average Bonchev–Trinajstić information content (AvgIpc) is 2.82. The van der Waals surface area contributed by atoms with E-state index in [0.29, 0.717) is 17.1 Å². The topological polar surface area (TPSA) is 59.8 Å². The van der Waals surface area contributed by atoms with Gasteiger partial charge in [-0.15, -0.1) is 0 Å². The summed E-state index contributed by atoms with van der Waals surface area (Å²) in [5.74, 6) is 0.0943. The molecule has 0 fully saturated rings. The Labute approximate surface area is 123 Å². The molecule has 6 heteroatoms. The molecule has 1 N–H and O–H groups in total. The van der Waals surface area contributed by atoms with Crippen molar-refractivity contribution in [3.63, 3.8) is 0 Å². The minimum Gasteiger partial charge on any atom is -0.359 e. The second-order valence-corrected chi connectivity index (χ2v) is 5.27. The maximum Gasteiger partial charge on any atom is 0.222 e. The third-order valence-electron chi connectivity index (χ3n) is 3.48. The molecule has 108 valence electrons. The van der Waals surface area contributed by atoms with Gasteiger partial charge in [0.25, 0.3) is 0 Å². The summed E-state index contributed by atoms with van der Waals surface area (Å²) in [5, 5.41) is 3.32. The van der Waals surface area contributed by atoms with Crippen molar-refractivity contribution in [2.45, 2.75) is 33.2 Å². The largest absolute Gasteiger partial charge is 0.359 e. The summed E-state index contributed by atoms with van der Waals surface area (Å²) in [5.41, 5.74) is 2.36. The number of carbonyl (C=O) groups is 1. The van der Waals surface area contributed by atoms with Crippen molar-refractivity contribution in [2.24, 2.45) is 5.92 Å². The van der Waals surface area contributed by atoms with E-state index in [9.17, 15) is 4.79 Å². The molecule has 1 amide bonds. The van der Waals surface area contributed by atoms with Crippen LogP contribution in [0, 0.1) is 12.8 Å². The second kappa shape index (κ2) is 6.22. The van der Waals surface area contributed by atoms with Crippen molar-refractivity contribution in [1.29, 1.82) is 0 Å². The van der Waals surface area contributed by atoms with Crippen molar-refractivity contribution < 1.29 is 4.79 Å². The quantitative estimate of drug-likeness (QED) is 0.922. The van der Waals surface area contributed by atoms with Crippen LogP contribution in [0.5, 0.6) is 0 Å². The number of hydrogen-bond donors (Lipinski definition) is 1. The third kappa shape index (κ3) is 2.93. The van der Waals surface area contributed by atoms with Crippen LogP contribution < -0.4 is 5.32 Å². The molecular formula is C14H19ClN4O. The first-order valence-corrected chi connectivity index (χ1v) is 7.14. The van der Waals surface area contributed by atoms with Crippen LogP contribution in [-0.2, 0) is 11.3 Å². The molecule has 2 aromatic heterocycles. The normalized spacial score (nSPS) is 12.6. The van der Waals surface area contributed by atoms with E-state index in [4.69, 9.17) is 11.6 Å². The van der Waals surface area contributed by atoms with Gasteiger partial charge in [0.15, 0.2) is 5.65 Å². The van der Waals surface area contributed by atoms with Crippen molar-refractivity contribution >= 4 is 28.7 Å². The summed E-state index contributed by atoms with van der Waals surface area (Å²) < 4.78 is 1.96. The highest BCUT2D eigenvalue weighted by atomic mass is 35.5. The van der Waals surface area contributed by atoms with Crippen LogP contribution in [0.15, 0.2) is 12.4 Å². The van der Waals surface area contributed by atoms with Crippen molar-refractivity contribution in [3.05, 3.63) is 23.1 Å². The molecule has 2 aromatic rings. The van der Waals surface area contributed by atoms with Gasteiger partial charge < -0.3 is 9.88 Å². The molecule has 1 unspecified atom stereocenters. The number of amides is 1. The fraction of sp³-hybridized carbons (Fsp3) is 0.500. The van der Waals surface area contributed by atoms with E-state index in [-0.39, 0.29) is 11.8 Å². The molecule has 2 heterocycles. The maximum absolute atomic E-state index is 11.7. The number of aryl methyl sites for hydroxylation is 2. The molecule has 0 aliphatic rings. The van der Waals surface area contributed by atoms with Gasteiger partial charge in [-0.2, -0.15) is 0 Å². The Balaban J connectivity index is 2.20. The summed E-state index contributed by atoms with van der Waals surface area (Å²) in [6, 6.07) is 1.81. The number of carbonyl (C=O) groups excluding carboxylic acids is 1. The van der Waals surface area contributed by atoms with E-state index in [2.05, 4.69) is 15.3 Å². The predicted molar refractivity (Wildman–Crippen MR) is 79.7 cm³/mol. The van der Waals surface area contributed by atoms with Crippen LogP contribution >= 0.6 is 11.6 Å². The summed E-state index contributed by atoms with van der Waals surface area (Å²) in [4.78, 5) is 20.5. The summed E-state index contributed by atoms with van der Waals surface area (Å²) in [6.45, 7) is 4.63. The van der Waals surface area contributed by atoms with Crippen molar-refractivity contribution in [3.8, 4) is 0 Å². The van der Waals surface area contributed by atoms with Crippen LogP contribution in [0.1, 0.15) is 25.5 Å². The van der Waals surface area contributed by atoms with E-state index in [1.54, 1.807) is 19.4 Å². The smallest absolute Gasteiger partial charge is 0.222 e. The molecular weight excluding hydrogens is 276 g/mol. The summed E-state index contributed by atoms with van der Waals surface area (Å²) in [6.07, 6.45) is 3.31. The second-order valence-electron chi connectivity index (χ2n) is 4.86. The lowest BCUT2D eigenvalue weighted by atomic mass is 10.0. The predicted octanol–water partition coefficient (Wildman–Crippen LogP) is 2.56. The number of aromatic nitrogens is 3. The number of nitrogens with zero attached hydrogens (tertiary/aromatic N) is 3. The monoisotopic (exact) mass is 294 g/mol. The Morgan fingerprint density at radius 3 is 2.95 bits per heavy atom. The van der Waals surface area contributed by atoms with Crippen molar-refractivity contribution in [1.82, 2.24) is 19.9 Å². The first-order chi connectivity index (χ1) is 9.56. The Morgan fingerprint density at radius 1 is 1.55 bits per heavy atom. The summed E-state index contributed by atoms with van der Waals surface area (Å²) in [7, 11) is 1.67. The molecule has 0 spiro atoms. The fourth-order valence-corrected chi connectivity index (χ4v) is 2.59. The zero-order valence-corrected chi connectivity index (χ0v) is 12.7. The lowest BCUT2D eigenvalue weighted by Crippen LogP contribution is -2.27.